The van der Waals surface area contributed by atoms with Gasteiger partial charge in [0.25, 0.3) is 5.69 Å². The van der Waals surface area contributed by atoms with Crippen LogP contribution in [0.1, 0.15) is 29.2 Å². The highest BCUT2D eigenvalue weighted by Gasteiger charge is 2.25. The average Bonchev–Trinajstić information content (AvgIpc) is 3.37. The minimum absolute atomic E-state index is 0.0993. The van der Waals surface area contributed by atoms with Crippen molar-refractivity contribution in [3.05, 3.63) is 87.7 Å². The van der Waals surface area contributed by atoms with Crippen LogP contribution in [0.2, 0.25) is 0 Å². The van der Waals surface area contributed by atoms with Gasteiger partial charge in [0.1, 0.15) is 0 Å². The zero-order valence-corrected chi connectivity index (χ0v) is 16.2. The number of nitrogens with one attached hydrogen (secondary N) is 1. The summed E-state index contributed by atoms with van der Waals surface area (Å²) >= 11 is 0. The zero-order chi connectivity index (χ0) is 20.5. The minimum Gasteiger partial charge on any atom is -0.354 e. The zero-order valence-electron chi connectivity index (χ0n) is 16.2. The summed E-state index contributed by atoms with van der Waals surface area (Å²) in [6.45, 7) is 0.629. The van der Waals surface area contributed by atoms with Gasteiger partial charge in [0, 0.05) is 24.9 Å². The van der Waals surface area contributed by atoms with Crippen molar-refractivity contribution in [2.24, 2.45) is 0 Å². The third-order valence-corrected chi connectivity index (χ3v) is 5.57. The van der Waals surface area contributed by atoms with E-state index < -0.39 is 4.92 Å². The van der Waals surface area contributed by atoms with Crippen LogP contribution in [0.3, 0.4) is 0 Å². The first-order chi connectivity index (χ1) is 14.7. The maximum absolute atomic E-state index is 10.8. The molecule has 0 unspecified atom stereocenters. The monoisotopic (exact) mass is 400 g/mol. The second-order valence-corrected chi connectivity index (χ2v) is 7.42. The van der Waals surface area contributed by atoms with Crippen molar-refractivity contribution in [3.63, 3.8) is 0 Å². The molecule has 0 saturated heterocycles. The van der Waals surface area contributed by atoms with E-state index in [-0.39, 0.29) is 11.7 Å². The first-order valence-corrected chi connectivity index (χ1v) is 9.94. The van der Waals surface area contributed by atoms with E-state index in [0.717, 1.165) is 29.4 Å². The summed E-state index contributed by atoms with van der Waals surface area (Å²) in [5, 5.41) is 19.5. The van der Waals surface area contributed by atoms with Gasteiger partial charge in [0.05, 0.1) is 22.5 Å². The van der Waals surface area contributed by atoms with E-state index in [9.17, 15) is 10.1 Å². The van der Waals surface area contributed by atoms with E-state index in [0.29, 0.717) is 18.9 Å². The van der Waals surface area contributed by atoms with Gasteiger partial charge >= 0.3 is 0 Å². The molecule has 1 N–H and O–H groups in total. The molecular formula is C22H20N6O2. The Morgan fingerprint density at radius 3 is 2.80 bits per heavy atom. The van der Waals surface area contributed by atoms with E-state index >= 15 is 0 Å². The highest BCUT2D eigenvalue weighted by molar-refractivity contribution is 5.75. The van der Waals surface area contributed by atoms with Crippen molar-refractivity contribution in [1.82, 2.24) is 19.7 Å². The Labute approximate surface area is 172 Å². The summed E-state index contributed by atoms with van der Waals surface area (Å²) in [6, 6.07) is 15.3. The molecular weight excluding hydrogens is 380 g/mol. The standard InChI is InChI=1S/C22H20N6O2/c29-28(30)18-8-5-15(6-9-18)11-12-23-22-24-13-17-14-25-27(21(17)26-22)20-10-7-16-3-1-2-4-19(16)20/h1-6,8-9,13-14,20H,7,10-12H2,(H,23,24,26)/t20-/m0/s1. The number of rotatable bonds is 6. The summed E-state index contributed by atoms with van der Waals surface area (Å²) in [5.74, 6) is 0.553. The Bertz CT molecular complexity index is 1220. The van der Waals surface area contributed by atoms with Gasteiger partial charge in [-0.2, -0.15) is 10.1 Å². The van der Waals surface area contributed by atoms with E-state index in [4.69, 9.17) is 4.98 Å². The molecule has 0 saturated carbocycles. The molecule has 0 spiro atoms. The second-order valence-electron chi connectivity index (χ2n) is 7.42. The number of aromatic nitrogens is 4. The van der Waals surface area contributed by atoms with Gasteiger partial charge in [-0.25, -0.2) is 9.67 Å². The van der Waals surface area contributed by atoms with Crippen LogP contribution >= 0.6 is 0 Å². The first-order valence-electron chi connectivity index (χ1n) is 9.94. The van der Waals surface area contributed by atoms with Crippen molar-refractivity contribution in [2.45, 2.75) is 25.3 Å². The fourth-order valence-electron chi connectivity index (χ4n) is 4.04. The Kier molecular flexibility index (Phi) is 4.59. The summed E-state index contributed by atoms with van der Waals surface area (Å²) < 4.78 is 2.00. The number of nitro groups is 1. The Morgan fingerprint density at radius 2 is 1.97 bits per heavy atom. The number of fused-ring (bicyclic) bond motifs is 2. The van der Waals surface area contributed by atoms with Crippen molar-refractivity contribution in [3.8, 4) is 0 Å². The number of hydrogen-bond acceptors (Lipinski definition) is 6. The number of nitro benzene ring substituents is 1. The SMILES string of the molecule is O=[N+]([O-])c1ccc(CCNc2ncc3cnn([C@H]4CCc5ccccc54)c3n2)cc1. The average molecular weight is 400 g/mol. The van der Waals surface area contributed by atoms with Crippen molar-refractivity contribution < 1.29 is 4.92 Å². The number of aryl methyl sites for hydroxylation is 1. The minimum atomic E-state index is -0.392. The molecule has 8 heteroatoms. The largest absolute Gasteiger partial charge is 0.354 e. The Hall–Kier alpha value is -3.81. The number of benzene rings is 2. The van der Waals surface area contributed by atoms with Crippen molar-refractivity contribution in [2.75, 3.05) is 11.9 Å². The van der Waals surface area contributed by atoms with Gasteiger partial charge in [0.2, 0.25) is 5.95 Å². The fourth-order valence-corrected chi connectivity index (χ4v) is 4.04. The van der Waals surface area contributed by atoms with Gasteiger partial charge in [-0.3, -0.25) is 10.1 Å². The molecule has 150 valence electrons. The third kappa shape index (κ3) is 3.36. The van der Waals surface area contributed by atoms with Crippen molar-refractivity contribution in [1.29, 1.82) is 0 Å². The molecule has 5 rings (SSSR count). The van der Waals surface area contributed by atoms with E-state index in [1.165, 1.54) is 23.3 Å². The van der Waals surface area contributed by atoms with Crippen LogP contribution in [0.25, 0.3) is 11.0 Å². The van der Waals surface area contributed by atoms with Gasteiger partial charge in [-0.15, -0.1) is 0 Å². The quantitative estimate of drug-likeness (QED) is 0.389. The van der Waals surface area contributed by atoms with Gasteiger partial charge in [0.15, 0.2) is 5.65 Å². The molecule has 8 nitrogen and oxygen atoms in total. The lowest BCUT2D eigenvalue weighted by molar-refractivity contribution is -0.384. The topological polar surface area (TPSA) is 98.8 Å². The molecule has 1 aliphatic carbocycles. The molecule has 1 atom stereocenters. The molecule has 30 heavy (non-hydrogen) atoms. The number of nitrogens with zero attached hydrogens (tertiary/aromatic N) is 5. The van der Waals surface area contributed by atoms with Crippen LogP contribution in [0.5, 0.6) is 0 Å². The number of non-ortho nitro benzene ring substituents is 1. The van der Waals surface area contributed by atoms with Crippen molar-refractivity contribution >= 4 is 22.7 Å². The van der Waals surface area contributed by atoms with Crippen LogP contribution in [-0.2, 0) is 12.8 Å². The summed E-state index contributed by atoms with van der Waals surface area (Å²) in [6.07, 6.45) is 6.39. The maximum Gasteiger partial charge on any atom is 0.269 e. The number of anilines is 1. The molecule has 2 aromatic carbocycles. The van der Waals surface area contributed by atoms with Crippen LogP contribution in [0, 0.1) is 10.1 Å². The molecule has 0 fully saturated rings. The van der Waals surface area contributed by atoms with Gasteiger partial charge in [-0.1, -0.05) is 36.4 Å². The molecule has 2 heterocycles. The Balaban J connectivity index is 1.32. The summed E-state index contributed by atoms with van der Waals surface area (Å²) in [7, 11) is 0. The fraction of sp³-hybridized carbons (Fsp3) is 0.227. The maximum atomic E-state index is 10.8. The van der Waals surface area contributed by atoms with Crippen LogP contribution in [0.4, 0.5) is 11.6 Å². The van der Waals surface area contributed by atoms with E-state index in [1.54, 1.807) is 18.3 Å². The molecule has 2 aromatic heterocycles. The second kappa shape index (κ2) is 7.55. The summed E-state index contributed by atoms with van der Waals surface area (Å²) in [5.41, 5.74) is 4.63. The predicted octanol–water partition coefficient (Wildman–Crippen LogP) is 3.92. The van der Waals surface area contributed by atoms with Crippen LogP contribution < -0.4 is 5.32 Å². The smallest absolute Gasteiger partial charge is 0.269 e. The van der Waals surface area contributed by atoms with E-state index in [2.05, 4.69) is 39.7 Å². The normalized spacial score (nSPS) is 15.3. The molecule has 4 aromatic rings. The molecule has 0 radical (unpaired) electrons. The number of hydrogen-bond donors (Lipinski definition) is 1. The molecule has 1 aliphatic rings. The molecule has 0 aliphatic heterocycles. The molecule has 0 bridgehead atoms. The highest BCUT2D eigenvalue weighted by Crippen LogP contribution is 2.35. The predicted molar refractivity (Wildman–Crippen MR) is 114 cm³/mol. The van der Waals surface area contributed by atoms with Gasteiger partial charge in [-0.05, 0) is 36.0 Å². The third-order valence-electron chi connectivity index (χ3n) is 5.57. The Morgan fingerprint density at radius 1 is 1.13 bits per heavy atom. The van der Waals surface area contributed by atoms with E-state index in [1.807, 2.05) is 10.9 Å². The van der Waals surface area contributed by atoms with Crippen LogP contribution in [-0.4, -0.2) is 31.2 Å². The lowest BCUT2D eigenvalue weighted by Gasteiger charge is -2.13. The lowest BCUT2D eigenvalue weighted by atomic mass is 10.1. The van der Waals surface area contributed by atoms with Crippen LogP contribution in [0.15, 0.2) is 60.9 Å². The highest BCUT2D eigenvalue weighted by atomic mass is 16.6. The van der Waals surface area contributed by atoms with Gasteiger partial charge < -0.3 is 5.32 Å². The summed E-state index contributed by atoms with van der Waals surface area (Å²) in [4.78, 5) is 19.5. The first kappa shape index (κ1) is 18.2. The molecule has 0 amide bonds. The lowest BCUT2D eigenvalue weighted by Crippen LogP contribution is -2.12.